The van der Waals surface area contributed by atoms with Crippen LogP contribution in [0.25, 0.3) is 6.08 Å². The van der Waals surface area contributed by atoms with Crippen molar-refractivity contribution < 1.29 is 19.1 Å². The van der Waals surface area contributed by atoms with Crippen molar-refractivity contribution in [2.75, 3.05) is 38.3 Å². The maximum atomic E-state index is 12.2. The number of hydrogen-bond acceptors (Lipinski definition) is 5. The van der Waals surface area contributed by atoms with E-state index in [1.807, 2.05) is 12.1 Å². The molecule has 1 atom stereocenters. The highest BCUT2D eigenvalue weighted by molar-refractivity contribution is 9.10. The zero-order valence-electron chi connectivity index (χ0n) is 17.3. The van der Waals surface area contributed by atoms with Crippen LogP contribution in [-0.2, 0) is 9.59 Å². The number of amides is 2. The van der Waals surface area contributed by atoms with Crippen molar-refractivity contribution in [3.8, 4) is 11.5 Å². The Hall–Kier alpha value is -3.00. The first-order valence-corrected chi connectivity index (χ1v) is 10.8. The number of carbonyl (C=O) groups excluding carboxylic acids is 2. The highest BCUT2D eigenvalue weighted by Gasteiger charge is 2.23. The summed E-state index contributed by atoms with van der Waals surface area (Å²) < 4.78 is 11.6. The van der Waals surface area contributed by atoms with Gasteiger partial charge in [-0.2, -0.15) is 0 Å². The van der Waals surface area contributed by atoms with E-state index >= 15 is 0 Å². The molecule has 3 rings (SSSR count). The lowest BCUT2D eigenvalue weighted by Gasteiger charge is -2.19. The van der Waals surface area contributed by atoms with Crippen LogP contribution in [0, 0.1) is 5.92 Å². The van der Waals surface area contributed by atoms with Crippen molar-refractivity contribution in [1.29, 1.82) is 0 Å². The van der Waals surface area contributed by atoms with Gasteiger partial charge in [-0.15, -0.1) is 0 Å². The molecule has 0 spiro atoms. The van der Waals surface area contributed by atoms with E-state index in [2.05, 4.69) is 38.3 Å². The third kappa shape index (κ3) is 6.75. The summed E-state index contributed by atoms with van der Waals surface area (Å²) in [7, 11) is 1.51. The first kappa shape index (κ1) is 22.7. The van der Waals surface area contributed by atoms with Crippen LogP contribution in [0.1, 0.15) is 12.0 Å². The lowest BCUT2D eigenvalue weighted by atomic mass is 10.1. The lowest BCUT2D eigenvalue weighted by molar-refractivity contribution is -0.120. The van der Waals surface area contributed by atoms with E-state index in [1.165, 1.54) is 18.9 Å². The Morgan fingerprint density at radius 3 is 2.84 bits per heavy atom. The van der Waals surface area contributed by atoms with Crippen LogP contribution in [0.15, 0.2) is 53.0 Å². The first-order valence-electron chi connectivity index (χ1n) is 10.00. The summed E-state index contributed by atoms with van der Waals surface area (Å²) in [6.07, 6.45) is 4.25. The second-order valence-electron chi connectivity index (χ2n) is 7.32. The molecular formula is C23H26BrN3O4. The summed E-state index contributed by atoms with van der Waals surface area (Å²) in [5, 5.41) is 2.98. The molecule has 1 aliphatic rings. The third-order valence-corrected chi connectivity index (χ3v) is 5.50. The van der Waals surface area contributed by atoms with Crippen molar-refractivity contribution in [3.63, 3.8) is 0 Å². The number of nitrogens with zero attached hydrogens (tertiary/aromatic N) is 1. The number of nitrogens with one attached hydrogen (secondary N) is 1. The van der Waals surface area contributed by atoms with E-state index < -0.39 is 5.91 Å². The minimum atomic E-state index is -0.565. The fraction of sp³-hybridized carbons (Fsp3) is 0.304. The Labute approximate surface area is 190 Å². The Bertz CT molecular complexity index is 964. The fourth-order valence-electron chi connectivity index (χ4n) is 3.44. The molecule has 8 heteroatoms. The number of ether oxygens (including phenoxy) is 2. The molecule has 2 aromatic rings. The van der Waals surface area contributed by atoms with Crippen LogP contribution in [0.2, 0.25) is 0 Å². The lowest BCUT2D eigenvalue weighted by Crippen LogP contribution is -2.29. The second kappa shape index (κ2) is 10.9. The van der Waals surface area contributed by atoms with Gasteiger partial charge in [-0.3, -0.25) is 9.59 Å². The molecule has 1 unspecified atom stereocenters. The number of primary amides is 1. The highest BCUT2D eigenvalue weighted by atomic mass is 79.9. The summed E-state index contributed by atoms with van der Waals surface area (Å²) >= 11 is 3.51. The van der Waals surface area contributed by atoms with Gasteiger partial charge in [0, 0.05) is 35.9 Å². The maximum absolute atomic E-state index is 12.2. The number of nitrogens with two attached hydrogens (primary N) is 1. The number of anilines is 1. The highest BCUT2D eigenvalue weighted by Crippen LogP contribution is 2.28. The van der Waals surface area contributed by atoms with E-state index in [9.17, 15) is 9.59 Å². The second-order valence-corrected chi connectivity index (χ2v) is 8.24. The van der Waals surface area contributed by atoms with Crippen molar-refractivity contribution in [2.45, 2.75) is 6.42 Å². The summed E-state index contributed by atoms with van der Waals surface area (Å²) in [5.41, 5.74) is 7.07. The maximum Gasteiger partial charge on any atom is 0.255 e. The Morgan fingerprint density at radius 2 is 2.10 bits per heavy atom. The summed E-state index contributed by atoms with van der Waals surface area (Å²) in [6, 6.07) is 13.4. The molecule has 0 aromatic heterocycles. The number of halogens is 1. The largest absolute Gasteiger partial charge is 0.493 e. The first-order chi connectivity index (χ1) is 14.9. The predicted molar refractivity (Wildman–Crippen MR) is 124 cm³/mol. The summed E-state index contributed by atoms with van der Waals surface area (Å²) in [6.45, 7) is 2.31. The van der Waals surface area contributed by atoms with E-state index in [0.717, 1.165) is 29.5 Å². The van der Waals surface area contributed by atoms with Gasteiger partial charge in [0.2, 0.25) is 5.91 Å². The molecule has 2 amide bonds. The van der Waals surface area contributed by atoms with Crippen LogP contribution in [0.5, 0.6) is 11.5 Å². The topological polar surface area (TPSA) is 93.9 Å². The molecule has 0 saturated carbocycles. The van der Waals surface area contributed by atoms with Gasteiger partial charge < -0.3 is 25.4 Å². The van der Waals surface area contributed by atoms with Crippen LogP contribution in [-0.4, -0.2) is 45.2 Å². The quantitative estimate of drug-likeness (QED) is 0.530. The van der Waals surface area contributed by atoms with E-state index in [-0.39, 0.29) is 12.5 Å². The molecule has 164 valence electrons. The molecule has 31 heavy (non-hydrogen) atoms. The molecule has 3 N–H and O–H groups in total. The Morgan fingerprint density at radius 1 is 1.26 bits per heavy atom. The van der Waals surface area contributed by atoms with Gasteiger partial charge >= 0.3 is 0 Å². The van der Waals surface area contributed by atoms with Crippen LogP contribution in [0.3, 0.4) is 0 Å². The molecule has 1 fully saturated rings. The summed E-state index contributed by atoms with van der Waals surface area (Å²) in [4.78, 5) is 25.5. The van der Waals surface area contributed by atoms with E-state index in [4.69, 9.17) is 15.2 Å². The van der Waals surface area contributed by atoms with Gasteiger partial charge in [0.15, 0.2) is 18.1 Å². The number of carbonyl (C=O) groups is 2. The van der Waals surface area contributed by atoms with Gasteiger partial charge in [-0.05, 0) is 54.3 Å². The van der Waals surface area contributed by atoms with Gasteiger partial charge in [-0.1, -0.05) is 28.1 Å². The molecule has 1 saturated heterocycles. The molecular weight excluding hydrogens is 462 g/mol. The zero-order valence-corrected chi connectivity index (χ0v) is 18.9. The number of benzene rings is 2. The third-order valence-electron chi connectivity index (χ3n) is 5.01. The van der Waals surface area contributed by atoms with Crippen LogP contribution in [0.4, 0.5) is 5.69 Å². The molecule has 0 aliphatic carbocycles. The average Bonchev–Trinajstić information content (AvgIpc) is 3.24. The Balaban J connectivity index is 1.49. The van der Waals surface area contributed by atoms with Gasteiger partial charge in [-0.25, -0.2) is 0 Å². The number of rotatable bonds is 9. The SMILES string of the molecule is COc1cc(/C=C/C(=O)NCC2CCN(c3cccc(Br)c3)C2)ccc1OCC(N)=O. The monoisotopic (exact) mass is 487 g/mol. The Kier molecular flexibility index (Phi) is 7.94. The van der Waals surface area contributed by atoms with Crippen molar-refractivity contribution in [2.24, 2.45) is 11.7 Å². The molecule has 7 nitrogen and oxygen atoms in total. The average molecular weight is 488 g/mol. The molecule has 0 radical (unpaired) electrons. The standard InChI is InChI=1S/C23H26BrN3O4/c1-30-21-11-16(5-7-20(21)31-15-22(25)28)6-8-23(29)26-13-17-9-10-27(14-17)19-4-2-3-18(24)12-19/h2-8,11-12,17H,9-10,13-15H2,1H3,(H2,25,28)(H,26,29)/b8-6+. The minimum absolute atomic E-state index is 0.145. The number of methoxy groups -OCH3 is 1. The minimum Gasteiger partial charge on any atom is -0.493 e. The van der Waals surface area contributed by atoms with Crippen molar-refractivity contribution in [1.82, 2.24) is 5.32 Å². The van der Waals surface area contributed by atoms with Crippen molar-refractivity contribution in [3.05, 3.63) is 58.6 Å². The van der Waals surface area contributed by atoms with E-state index in [1.54, 1.807) is 24.3 Å². The van der Waals surface area contributed by atoms with Gasteiger partial charge in [0.25, 0.3) is 5.91 Å². The predicted octanol–water partition coefficient (Wildman–Crippen LogP) is 2.98. The molecule has 1 aliphatic heterocycles. The number of hydrogen-bond donors (Lipinski definition) is 2. The van der Waals surface area contributed by atoms with Gasteiger partial charge in [0.1, 0.15) is 0 Å². The van der Waals surface area contributed by atoms with Crippen molar-refractivity contribution >= 4 is 39.5 Å². The normalized spacial score (nSPS) is 15.8. The van der Waals surface area contributed by atoms with E-state index in [0.29, 0.717) is 24.0 Å². The molecule has 0 bridgehead atoms. The molecule has 2 aromatic carbocycles. The smallest absolute Gasteiger partial charge is 0.255 e. The zero-order chi connectivity index (χ0) is 22.2. The fourth-order valence-corrected chi connectivity index (χ4v) is 3.83. The van der Waals surface area contributed by atoms with Crippen LogP contribution < -0.4 is 25.4 Å². The summed E-state index contributed by atoms with van der Waals surface area (Å²) in [5.74, 6) is 0.582. The molecule has 1 heterocycles. The van der Waals surface area contributed by atoms with Crippen LogP contribution >= 0.6 is 15.9 Å². The van der Waals surface area contributed by atoms with Gasteiger partial charge in [0.05, 0.1) is 7.11 Å².